The van der Waals surface area contributed by atoms with Crippen molar-refractivity contribution in [3.8, 4) is 0 Å². The lowest BCUT2D eigenvalue weighted by atomic mass is 9.95. The number of para-hydroxylation sites is 1. The molecule has 206 valence electrons. The predicted molar refractivity (Wildman–Crippen MR) is 155 cm³/mol. The van der Waals surface area contributed by atoms with Crippen LogP contribution in [0.2, 0.25) is 0 Å². The highest BCUT2D eigenvalue weighted by molar-refractivity contribution is 5.99. The van der Waals surface area contributed by atoms with Crippen molar-refractivity contribution in [3.05, 3.63) is 101 Å². The molecular formula is C32H39N3O4. The van der Waals surface area contributed by atoms with E-state index in [1.165, 1.54) is 4.90 Å². The minimum absolute atomic E-state index is 0.238. The van der Waals surface area contributed by atoms with Crippen molar-refractivity contribution in [1.82, 2.24) is 10.2 Å². The van der Waals surface area contributed by atoms with Gasteiger partial charge in [-0.25, -0.2) is 4.79 Å². The molecule has 0 aliphatic carbocycles. The number of nitrogens with zero attached hydrogens (tertiary/aromatic N) is 1. The van der Waals surface area contributed by atoms with Crippen LogP contribution in [0.4, 0.5) is 10.5 Å². The number of likely N-dealkylation sites (N-methyl/N-ethyl adjacent to an activating group) is 1. The van der Waals surface area contributed by atoms with Gasteiger partial charge in [0, 0.05) is 19.2 Å². The maximum Gasteiger partial charge on any atom is 0.408 e. The molecule has 2 atom stereocenters. The molecule has 3 aromatic carbocycles. The van der Waals surface area contributed by atoms with E-state index < -0.39 is 29.7 Å². The lowest BCUT2D eigenvalue weighted by Crippen LogP contribution is -2.52. The Hall–Kier alpha value is -4.13. The van der Waals surface area contributed by atoms with Gasteiger partial charge in [0.15, 0.2) is 0 Å². The first-order chi connectivity index (χ1) is 18.4. The molecule has 0 saturated heterocycles. The van der Waals surface area contributed by atoms with Crippen LogP contribution in [0.3, 0.4) is 0 Å². The number of carbonyl (C=O) groups is 3. The van der Waals surface area contributed by atoms with Crippen molar-refractivity contribution in [2.45, 2.75) is 65.6 Å². The Balaban J connectivity index is 2.00. The molecule has 3 rings (SSSR count). The molecule has 3 aromatic rings. The van der Waals surface area contributed by atoms with Crippen LogP contribution in [0.1, 0.15) is 54.6 Å². The lowest BCUT2D eigenvalue weighted by Gasteiger charge is -2.32. The molecule has 0 aliphatic heterocycles. The van der Waals surface area contributed by atoms with E-state index in [4.69, 9.17) is 4.74 Å². The number of carbonyl (C=O) groups excluding carboxylic acids is 3. The zero-order chi connectivity index (χ0) is 28.7. The maximum absolute atomic E-state index is 14.1. The number of rotatable bonds is 8. The Kier molecular flexibility index (Phi) is 9.51. The van der Waals surface area contributed by atoms with Crippen LogP contribution < -0.4 is 10.6 Å². The lowest BCUT2D eigenvalue weighted by molar-refractivity contribution is -0.139. The molecule has 0 heterocycles. The third-order valence-electron chi connectivity index (χ3n) is 6.60. The van der Waals surface area contributed by atoms with Crippen LogP contribution >= 0.6 is 0 Å². The van der Waals surface area contributed by atoms with E-state index in [0.29, 0.717) is 11.3 Å². The molecule has 0 aliphatic rings. The van der Waals surface area contributed by atoms with Crippen molar-refractivity contribution in [2.24, 2.45) is 0 Å². The fourth-order valence-corrected chi connectivity index (χ4v) is 4.38. The Morgan fingerprint density at radius 3 is 2.10 bits per heavy atom. The molecule has 0 radical (unpaired) electrons. The van der Waals surface area contributed by atoms with Gasteiger partial charge < -0.3 is 20.3 Å². The molecule has 0 aromatic heterocycles. The molecule has 2 N–H and O–H groups in total. The summed E-state index contributed by atoms with van der Waals surface area (Å²) >= 11 is 0. The van der Waals surface area contributed by atoms with Crippen LogP contribution in [0.25, 0.3) is 0 Å². The van der Waals surface area contributed by atoms with Gasteiger partial charge in [0.05, 0.1) is 0 Å². The number of ether oxygens (including phenoxy) is 1. The van der Waals surface area contributed by atoms with E-state index in [9.17, 15) is 14.4 Å². The van der Waals surface area contributed by atoms with Crippen LogP contribution in [-0.4, -0.2) is 41.5 Å². The van der Waals surface area contributed by atoms with E-state index in [0.717, 1.165) is 22.3 Å². The minimum Gasteiger partial charge on any atom is -0.444 e. The molecule has 0 spiro atoms. The number of amides is 3. The summed E-state index contributed by atoms with van der Waals surface area (Å²) in [6, 6.07) is 20.8. The molecule has 39 heavy (non-hydrogen) atoms. The third kappa shape index (κ3) is 7.93. The number of aryl methyl sites for hydroxylation is 2. The Morgan fingerprint density at radius 2 is 1.46 bits per heavy atom. The topological polar surface area (TPSA) is 87.7 Å². The van der Waals surface area contributed by atoms with Crippen LogP contribution in [0.15, 0.2) is 72.8 Å². The zero-order valence-electron chi connectivity index (χ0n) is 23.9. The Labute approximate surface area is 231 Å². The van der Waals surface area contributed by atoms with Gasteiger partial charge in [0.25, 0.3) is 5.91 Å². The first-order valence-corrected chi connectivity index (χ1v) is 13.1. The van der Waals surface area contributed by atoms with Crippen LogP contribution in [0.5, 0.6) is 0 Å². The molecule has 0 fully saturated rings. The fraction of sp³-hybridized carbons (Fsp3) is 0.344. The molecule has 0 bridgehead atoms. The summed E-state index contributed by atoms with van der Waals surface area (Å²) in [5.74, 6) is -0.750. The van der Waals surface area contributed by atoms with Gasteiger partial charge in [-0.1, -0.05) is 66.7 Å². The van der Waals surface area contributed by atoms with Crippen molar-refractivity contribution in [1.29, 1.82) is 0 Å². The summed E-state index contributed by atoms with van der Waals surface area (Å²) in [6.07, 6.45) is -0.458. The van der Waals surface area contributed by atoms with Crippen LogP contribution in [-0.2, 0) is 20.7 Å². The minimum atomic E-state index is -0.953. The summed E-state index contributed by atoms with van der Waals surface area (Å²) < 4.78 is 5.46. The number of anilines is 1. The van der Waals surface area contributed by atoms with Gasteiger partial charge in [-0.05, 0) is 75.4 Å². The molecule has 0 saturated carbocycles. The van der Waals surface area contributed by atoms with Gasteiger partial charge in [-0.15, -0.1) is 0 Å². The van der Waals surface area contributed by atoms with E-state index in [-0.39, 0.29) is 12.3 Å². The summed E-state index contributed by atoms with van der Waals surface area (Å²) in [5, 5.41) is 5.76. The third-order valence-corrected chi connectivity index (χ3v) is 6.60. The van der Waals surface area contributed by atoms with Crippen molar-refractivity contribution < 1.29 is 19.1 Å². The molecule has 2 unspecified atom stereocenters. The normalized spacial score (nSPS) is 12.7. The first-order valence-electron chi connectivity index (χ1n) is 13.1. The second-order valence-corrected chi connectivity index (χ2v) is 10.8. The van der Waals surface area contributed by atoms with Crippen molar-refractivity contribution in [3.63, 3.8) is 0 Å². The molecule has 7 heteroatoms. The van der Waals surface area contributed by atoms with Crippen molar-refractivity contribution >= 4 is 23.6 Å². The Morgan fingerprint density at radius 1 is 0.846 bits per heavy atom. The van der Waals surface area contributed by atoms with Gasteiger partial charge >= 0.3 is 6.09 Å². The standard InChI is InChI=1S/C32H39N3O4/c1-21-15-13-18-25(23(21)3)28(29(36)33-26-19-12-11-14-22(26)2)35(7)30(37)27(20-24-16-9-8-10-17-24)34-31(38)39-32(4,5)6/h8-19,27-28H,20H2,1-7H3,(H,33,36)(H,34,38). The maximum atomic E-state index is 14.1. The second kappa shape index (κ2) is 12.6. The second-order valence-electron chi connectivity index (χ2n) is 10.8. The zero-order valence-corrected chi connectivity index (χ0v) is 23.9. The highest BCUT2D eigenvalue weighted by Gasteiger charge is 2.35. The van der Waals surface area contributed by atoms with E-state index in [2.05, 4.69) is 10.6 Å². The highest BCUT2D eigenvalue weighted by Crippen LogP contribution is 2.28. The number of hydrogen-bond donors (Lipinski definition) is 2. The summed E-state index contributed by atoms with van der Waals surface area (Å²) in [7, 11) is 1.60. The monoisotopic (exact) mass is 529 g/mol. The predicted octanol–water partition coefficient (Wildman–Crippen LogP) is 5.89. The first kappa shape index (κ1) is 29.4. The number of nitrogens with one attached hydrogen (secondary N) is 2. The Bertz CT molecular complexity index is 1310. The molecule has 7 nitrogen and oxygen atoms in total. The van der Waals surface area contributed by atoms with Gasteiger partial charge in [0.2, 0.25) is 5.91 Å². The van der Waals surface area contributed by atoms with E-state index in [1.807, 2.05) is 93.6 Å². The summed E-state index contributed by atoms with van der Waals surface area (Å²) in [4.78, 5) is 42.1. The number of hydrogen-bond acceptors (Lipinski definition) is 4. The van der Waals surface area contributed by atoms with Crippen molar-refractivity contribution in [2.75, 3.05) is 12.4 Å². The van der Waals surface area contributed by atoms with Crippen LogP contribution in [0, 0.1) is 20.8 Å². The summed E-state index contributed by atoms with van der Waals surface area (Å²) in [5.41, 5.74) is 4.36. The van der Waals surface area contributed by atoms with Gasteiger partial charge in [0.1, 0.15) is 17.7 Å². The van der Waals surface area contributed by atoms with E-state index in [1.54, 1.807) is 27.8 Å². The average molecular weight is 530 g/mol. The van der Waals surface area contributed by atoms with Gasteiger partial charge in [-0.2, -0.15) is 0 Å². The number of benzene rings is 3. The fourth-order valence-electron chi connectivity index (χ4n) is 4.38. The average Bonchev–Trinajstić information content (AvgIpc) is 2.86. The van der Waals surface area contributed by atoms with E-state index >= 15 is 0 Å². The van der Waals surface area contributed by atoms with Gasteiger partial charge in [-0.3, -0.25) is 9.59 Å². The molecular weight excluding hydrogens is 490 g/mol. The molecule has 3 amide bonds. The quantitative estimate of drug-likeness (QED) is 0.381. The number of alkyl carbamates (subject to hydrolysis) is 1. The largest absolute Gasteiger partial charge is 0.444 e. The SMILES string of the molecule is Cc1ccccc1NC(=O)C(c1cccc(C)c1C)N(C)C(=O)C(Cc1ccccc1)NC(=O)OC(C)(C)C. The summed E-state index contributed by atoms with van der Waals surface area (Å²) in [6.45, 7) is 11.1. The smallest absolute Gasteiger partial charge is 0.408 e. The highest BCUT2D eigenvalue weighted by atomic mass is 16.6.